The third-order valence-electron chi connectivity index (χ3n) is 3.57. The Bertz CT molecular complexity index is 525. The number of guanidine groups is 1. The number of carbonyl (C=O) groups is 1. The Hall–Kier alpha value is -2.05. The molecule has 0 amide bonds. The van der Waals surface area contributed by atoms with E-state index in [9.17, 15) is 4.79 Å². The van der Waals surface area contributed by atoms with Crippen molar-refractivity contribution in [2.75, 3.05) is 26.7 Å². The molecule has 0 atom stereocenters. The average Bonchev–Trinajstić information content (AvgIpc) is 2.88. The van der Waals surface area contributed by atoms with Gasteiger partial charge < -0.3 is 15.4 Å². The van der Waals surface area contributed by atoms with E-state index in [0.717, 1.165) is 57.1 Å². The van der Waals surface area contributed by atoms with Crippen LogP contribution in [0.5, 0.6) is 0 Å². The van der Waals surface area contributed by atoms with E-state index < -0.39 is 0 Å². The van der Waals surface area contributed by atoms with Crippen LogP contribution in [0.3, 0.4) is 0 Å². The number of rotatable bonds is 10. The maximum absolute atomic E-state index is 11.0. The molecule has 1 rings (SSSR count). The van der Waals surface area contributed by atoms with Gasteiger partial charge in [-0.2, -0.15) is 5.10 Å². The molecule has 0 spiro atoms. The van der Waals surface area contributed by atoms with Crippen molar-refractivity contribution in [1.82, 2.24) is 20.4 Å². The van der Waals surface area contributed by atoms with Crippen LogP contribution < -0.4 is 10.6 Å². The van der Waals surface area contributed by atoms with Crippen molar-refractivity contribution in [1.29, 1.82) is 0 Å². The molecule has 0 saturated heterocycles. The van der Waals surface area contributed by atoms with Crippen molar-refractivity contribution < 1.29 is 9.53 Å². The molecule has 0 bridgehead atoms. The number of hydrogen-bond acceptors (Lipinski definition) is 4. The smallest absolute Gasteiger partial charge is 0.305 e. The molecule has 0 aliphatic carbocycles. The van der Waals surface area contributed by atoms with Crippen LogP contribution in [0.2, 0.25) is 0 Å². The van der Waals surface area contributed by atoms with E-state index >= 15 is 0 Å². The van der Waals surface area contributed by atoms with Crippen molar-refractivity contribution in [3.05, 3.63) is 17.5 Å². The molecule has 1 aromatic heterocycles. The second-order valence-corrected chi connectivity index (χ2v) is 5.72. The number of aryl methyl sites for hydroxylation is 3. The van der Waals surface area contributed by atoms with Gasteiger partial charge >= 0.3 is 5.97 Å². The molecule has 0 aliphatic heterocycles. The molecule has 1 heterocycles. The third kappa shape index (κ3) is 7.99. The molecular formula is C17H31N5O2. The Morgan fingerprint density at radius 3 is 2.71 bits per heavy atom. The minimum atomic E-state index is -0.153. The highest BCUT2D eigenvalue weighted by Gasteiger charge is 2.02. The molecule has 2 N–H and O–H groups in total. The van der Waals surface area contributed by atoms with Gasteiger partial charge in [-0.05, 0) is 46.1 Å². The SMILES string of the molecule is CCNC(=NCCCn1nc(C)cc1C)NCCCCC(=O)OC. The van der Waals surface area contributed by atoms with E-state index in [4.69, 9.17) is 0 Å². The molecule has 0 fully saturated rings. The van der Waals surface area contributed by atoms with Crippen molar-refractivity contribution in [2.24, 2.45) is 4.99 Å². The van der Waals surface area contributed by atoms with Gasteiger partial charge in [0.15, 0.2) is 5.96 Å². The van der Waals surface area contributed by atoms with Crippen LogP contribution >= 0.6 is 0 Å². The van der Waals surface area contributed by atoms with E-state index in [1.165, 1.54) is 12.8 Å². The number of unbranched alkanes of at least 4 members (excludes halogenated alkanes) is 1. The molecule has 136 valence electrons. The average molecular weight is 337 g/mol. The maximum atomic E-state index is 11.0. The van der Waals surface area contributed by atoms with Crippen LogP contribution in [-0.4, -0.2) is 48.5 Å². The number of carbonyl (C=O) groups excluding carboxylic acids is 1. The van der Waals surface area contributed by atoms with Gasteiger partial charge in [0, 0.05) is 38.3 Å². The minimum Gasteiger partial charge on any atom is -0.469 e. The van der Waals surface area contributed by atoms with Gasteiger partial charge in [-0.3, -0.25) is 14.5 Å². The molecule has 7 heteroatoms. The zero-order valence-electron chi connectivity index (χ0n) is 15.4. The first kappa shape index (κ1) is 20.0. The fourth-order valence-electron chi connectivity index (χ4n) is 2.36. The van der Waals surface area contributed by atoms with Crippen LogP contribution in [-0.2, 0) is 16.1 Å². The first-order valence-electron chi connectivity index (χ1n) is 8.66. The second kappa shape index (κ2) is 11.5. The summed E-state index contributed by atoms with van der Waals surface area (Å²) < 4.78 is 6.65. The molecule has 7 nitrogen and oxygen atoms in total. The number of ether oxygens (including phenoxy) is 1. The standard InChI is InChI=1S/C17H31N5O2/c1-5-18-17(19-10-7-6-9-16(23)24-4)20-11-8-12-22-15(3)13-14(2)21-22/h13H,5-12H2,1-4H3,(H2,18,19,20). The third-order valence-corrected chi connectivity index (χ3v) is 3.57. The summed E-state index contributed by atoms with van der Waals surface area (Å²) in [4.78, 5) is 15.6. The number of aromatic nitrogens is 2. The Morgan fingerprint density at radius 1 is 1.29 bits per heavy atom. The van der Waals surface area contributed by atoms with Gasteiger partial charge in [0.05, 0.1) is 12.8 Å². The summed E-state index contributed by atoms with van der Waals surface area (Å²) in [6.45, 7) is 9.37. The number of nitrogens with zero attached hydrogens (tertiary/aromatic N) is 3. The monoisotopic (exact) mass is 337 g/mol. The first-order valence-corrected chi connectivity index (χ1v) is 8.66. The lowest BCUT2D eigenvalue weighted by Crippen LogP contribution is -2.38. The molecular weight excluding hydrogens is 306 g/mol. The van der Waals surface area contributed by atoms with Crippen molar-refractivity contribution in [3.63, 3.8) is 0 Å². The molecule has 1 aromatic rings. The van der Waals surface area contributed by atoms with Crippen LogP contribution in [0.4, 0.5) is 0 Å². The highest BCUT2D eigenvalue weighted by atomic mass is 16.5. The summed E-state index contributed by atoms with van der Waals surface area (Å²) in [6, 6.07) is 2.09. The Labute approximate surface area is 144 Å². The molecule has 0 radical (unpaired) electrons. The van der Waals surface area contributed by atoms with E-state index in [0.29, 0.717) is 6.42 Å². The van der Waals surface area contributed by atoms with Crippen LogP contribution in [0.15, 0.2) is 11.1 Å². The van der Waals surface area contributed by atoms with Gasteiger partial charge in [-0.1, -0.05) is 0 Å². The maximum Gasteiger partial charge on any atom is 0.305 e. The van der Waals surface area contributed by atoms with Gasteiger partial charge in [-0.15, -0.1) is 0 Å². The van der Waals surface area contributed by atoms with Crippen LogP contribution in [0, 0.1) is 13.8 Å². The molecule has 0 saturated carbocycles. The predicted molar refractivity (Wildman–Crippen MR) is 96.2 cm³/mol. The van der Waals surface area contributed by atoms with E-state index in [1.54, 1.807) is 0 Å². The van der Waals surface area contributed by atoms with Crippen molar-refractivity contribution in [2.45, 2.75) is 53.0 Å². The van der Waals surface area contributed by atoms with Gasteiger partial charge in [0.2, 0.25) is 0 Å². The number of esters is 1. The lowest BCUT2D eigenvalue weighted by atomic mass is 10.2. The van der Waals surface area contributed by atoms with E-state index in [-0.39, 0.29) is 5.97 Å². The lowest BCUT2D eigenvalue weighted by Gasteiger charge is -2.11. The summed E-state index contributed by atoms with van der Waals surface area (Å²) in [5.41, 5.74) is 2.24. The first-order chi connectivity index (χ1) is 11.6. The molecule has 0 aliphatic rings. The van der Waals surface area contributed by atoms with E-state index in [2.05, 4.69) is 38.5 Å². The van der Waals surface area contributed by atoms with Gasteiger partial charge in [-0.25, -0.2) is 0 Å². The van der Waals surface area contributed by atoms with Crippen LogP contribution in [0.25, 0.3) is 0 Å². The zero-order valence-corrected chi connectivity index (χ0v) is 15.4. The van der Waals surface area contributed by atoms with Crippen molar-refractivity contribution >= 4 is 11.9 Å². The molecule has 0 unspecified atom stereocenters. The molecule has 0 aromatic carbocycles. The van der Waals surface area contributed by atoms with Gasteiger partial charge in [0.1, 0.15) is 0 Å². The number of aliphatic imine (C=N–C) groups is 1. The molecule has 24 heavy (non-hydrogen) atoms. The Balaban J connectivity index is 2.26. The Morgan fingerprint density at radius 2 is 2.08 bits per heavy atom. The summed E-state index contributed by atoms with van der Waals surface area (Å²) in [5.74, 6) is 0.670. The Kier molecular flexibility index (Phi) is 9.56. The normalized spacial score (nSPS) is 11.4. The number of methoxy groups -OCH3 is 1. The summed E-state index contributed by atoms with van der Waals surface area (Å²) in [6.07, 6.45) is 3.14. The summed E-state index contributed by atoms with van der Waals surface area (Å²) >= 11 is 0. The van der Waals surface area contributed by atoms with Crippen molar-refractivity contribution in [3.8, 4) is 0 Å². The quantitative estimate of drug-likeness (QED) is 0.294. The topological polar surface area (TPSA) is 80.5 Å². The fraction of sp³-hybridized carbons (Fsp3) is 0.706. The number of nitrogens with one attached hydrogen (secondary N) is 2. The lowest BCUT2D eigenvalue weighted by molar-refractivity contribution is -0.140. The zero-order chi connectivity index (χ0) is 17.8. The summed E-state index contributed by atoms with van der Waals surface area (Å²) in [7, 11) is 1.42. The van der Waals surface area contributed by atoms with E-state index in [1.807, 2.05) is 18.5 Å². The highest BCUT2D eigenvalue weighted by Crippen LogP contribution is 2.02. The highest BCUT2D eigenvalue weighted by molar-refractivity contribution is 5.79. The summed E-state index contributed by atoms with van der Waals surface area (Å²) in [5, 5.41) is 11.0. The predicted octanol–water partition coefficient (Wildman–Crippen LogP) is 1.79. The number of hydrogen-bond donors (Lipinski definition) is 2. The fourth-order valence-corrected chi connectivity index (χ4v) is 2.36. The second-order valence-electron chi connectivity index (χ2n) is 5.72. The largest absolute Gasteiger partial charge is 0.469 e. The van der Waals surface area contributed by atoms with Gasteiger partial charge in [0.25, 0.3) is 0 Å². The minimum absolute atomic E-state index is 0.153. The van der Waals surface area contributed by atoms with Crippen LogP contribution in [0.1, 0.15) is 44.0 Å².